The molecule has 0 bridgehead atoms. The molecule has 3 aliphatic carbocycles. The van der Waals surface area contributed by atoms with Crippen molar-refractivity contribution in [2.24, 2.45) is 11.8 Å². The summed E-state index contributed by atoms with van der Waals surface area (Å²) in [6.07, 6.45) is 8.22. The predicted octanol–water partition coefficient (Wildman–Crippen LogP) is 6.45. The molecule has 0 radical (unpaired) electrons. The minimum Gasteiger partial charge on any atom is -0.0760 e. The summed E-state index contributed by atoms with van der Waals surface area (Å²) in [7, 11) is 0. The Morgan fingerprint density at radius 2 is 1.00 bits per heavy atom. The average molecular weight is 326 g/mol. The topological polar surface area (TPSA) is 0 Å². The van der Waals surface area contributed by atoms with Gasteiger partial charge in [-0.1, -0.05) is 52.0 Å². The Morgan fingerprint density at radius 3 is 1.40 bits per heavy atom. The lowest BCUT2D eigenvalue weighted by atomic mass is 9.91. The first-order chi connectivity index (χ1) is 12.0. The molecule has 0 saturated heterocycles. The zero-order valence-corrected chi connectivity index (χ0v) is 15.7. The number of hydrogen-bond acceptors (Lipinski definition) is 0. The van der Waals surface area contributed by atoms with Crippen molar-refractivity contribution >= 4 is 11.1 Å². The maximum absolute atomic E-state index is 2.50. The molecule has 0 unspecified atom stereocenters. The fourth-order valence-corrected chi connectivity index (χ4v) is 5.02. The summed E-state index contributed by atoms with van der Waals surface area (Å²) in [5.74, 6) is 1.21. The minimum atomic E-state index is 0.607. The van der Waals surface area contributed by atoms with Gasteiger partial charge in [0.05, 0.1) is 0 Å². The fraction of sp³-hybridized carbons (Fsp3) is 0.360. The van der Waals surface area contributed by atoms with Crippen LogP contribution in [-0.4, -0.2) is 0 Å². The number of hydrogen-bond donors (Lipinski definition) is 0. The van der Waals surface area contributed by atoms with Gasteiger partial charge < -0.3 is 0 Å². The summed E-state index contributed by atoms with van der Waals surface area (Å²) in [5.41, 5.74) is 15.2. The Balaban J connectivity index is 1.66. The monoisotopic (exact) mass is 326 g/mol. The second-order valence-electron chi connectivity index (χ2n) is 8.55. The molecule has 0 nitrogen and oxygen atoms in total. The number of allylic oxidation sites excluding steroid dienone is 4. The Hall–Kier alpha value is -2.08. The van der Waals surface area contributed by atoms with Crippen LogP contribution in [0.5, 0.6) is 0 Å². The maximum atomic E-state index is 2.50. The van der Waals surface area contributed by atoms with E-state index < -0.39 is 0 Å². The van der Waals surface area contributed by atoms with Crippen LogP contribution in [0.4, 0.5) is 0 Å². The Kier molecular flexibility index (Phi) is 3.17. The third kappa shape index (κ3) is 2.13. The molecule has 0 heteroatoms. The van der Waals surface area contributed by atoms with Gasteiger partial charge >= 0.3 is 0 Å². The van der Waals surface area contributed by atoms with Gasteiger partial charge in [-0.25, -0.2) is 0 Å². The van der Waals surface area contributed by atoms with E-state index in [0.717, 1.165) is 19.3 Å². The highest BCUT2D eigenvalue weighted by molar-refractivity contribution is 5.87. The second kappa shape index (κ2) is 5.21. The molecular formula is C25H26. The molecule has 3 aliphatic rings. The zero-order chi connectivity index (χ0) is 17.3. The van der Waals surface area contributed by atoms with Gasteiger partial charge in [0, 0.05) is 0 Å². The van der Waals surface area contributed by atoms with E-state index >= 15 is 0 Å². The molecule has 0 atom stereocenters. The van der Waals surface area contributed by atoms with Gasteiger partial charge in [0.1, 0.15) is 0 Å². The molecule has 0 aromatic heterocycles. The van der Waals surface area contributed by atoms with Crippen LogP contribution in [-0.2, 0) is 19.3 Å². The first-order valence-corrected chi connectivity index (χ1v) is 9.75. The minimum absolute atomic E-state index is 0.607. The fourth-order valence-electron chi connectivity index (χ4n) is 5.02. The molecular weight excluding hydrogens is 300 g/mol. The molecule has 25 heavy (non-hydrogen) atoms. The molecule has 5 rings (SSSR count). The lowest BCUT2D eigenvalue weighted by Gasteiger charge is -2.14. The molecule has 0 N–H and O–H groups in total. The van der Waals surface area contributed by atoms with Crippen LogP contribution in [0.25, 0.3) is 22.3 Å². The van der Waals surface area contributed by atoms with Gasteiger partial charge in [0.2, 0.25) is 0 Å². The van der Waals surface area contributed by atoms with E-state index in [1.54, 1.807) is 0 Å². The van der Waals surface area contributed by atoms with Gasteiger partial charge in [0.15, 0.2) is 0 Å². The van der Waals surface area contributed by atoms with E-state index in [4.69, 9.17) is 0 Å². The van der Waals surface area contributed by atoms with Crippen LogP contribution in [0.15, 0.2) is 36.4 Å². The number of benzene rings is 2. The molecule has 2 aromatic rings. The summed E-state index contributed by atoms with van der Waals surface area (Å²) in [5, 5.41) is 0. The van der Waals surface area contributed by atoms with E-state index in [9.17, 15) is 0 Å². The van der Waals surface area contributed by atoms with Crippen molar-refractivity contribution in [3.63, 3.8) is 0 Å². The highest BCUT2D eigenvalue weighted by atomic mass is 14.3. The largest absolute Gasteiger partial charge is 0.0760 e. The molecule has 0 saturated carbocycles. The summed E-state index contributed by atoms with van der Waals surface area (Å²) in [6, 6.07) is 9.96. The molecule has 126 valence electrons. The first-order valence-electron chi connectivity index (χ1n) is 9.75. The van der Waals surface area contributed by atoms with Gasteiger partial charge in [-0.3, -0.25) is 0 Å². The standard InChI is InChI=1S/C25H26/c1-14(2)20-7-5-16-9-18-11-19-10-17-6-8-21(15(3)4)23(17)13-25(19)24(18)12-22(16)20/h7-10,12-15H,5-6,11H2,1-4H3. The normalized spacial score (nSPS) is 16.7. The van der Waals surface area contributed by atoms with Crippen LogP contribution in [0.2, 0.25) is 0 Å². The van der Waals surface area contributed by atoms with Crippen molar-refractivity contribution < 1.29 is 0 Å². The third-order valence-corrected chi connectivity index (χ3v) is 6.28. The lowest BCUT2D eigenvalue weighted by Crippen LogP contribution is -1.95. The van der Waals surface area contributed by atoms with E-state index in [-0.39, 0.29) is 0 Å². The molecule has 0 aliphatic heterocycles. The van der Waals surface area contributed by atoms with E-state index in [1.165, 1.54) is 55.7 Å². The van der Waals surface area contributed by atoms with E-state index in [1.807, 2.05) is 0 Å². The van der Waals surface area contributed by atoms with Gasteiger partial charge in [-0.05, 0) is 98.9 Å². The summed E-state index contributed by atoms with van der Waals surface area (Å²) in [4.78, 5) is 0. The zero-order valence-electron chi connectivity index (χ0n) is 15.7. The first kappa shape index (κ1) is 15.2. The van der Waals surface area contributed by atoms with Crippen molar-refractivity contribution in [3.8, 4) is 11.1 Å². The Bertz CT molecular complexity index is 885. The quantitative estimate of drug-likeness (QED) is 0.507. The molecule has 0 amide bonds. The van der Waals surface area contributed by atoms with Crippen LogP contribution >= 0.6 is 0 Å². The third-order valence-electron chi connectivity index (χ3n) is 6.28. The summed E-state index contributed by atoms with van der Waals surface area (Å²) >= 11 is 0. The van der Waals surface area contributed by atoms with Crippen LogP contribution in [0.1, 0.15) is 61.1 Å². The SMILES string of the molecule is CC(C)C1=CCc2cc3c(cc21)-c1cc2c(cc1C3)CC=C2C(C)C. The Morgan fingerprint density at radius 1 is 0.560 bits per heavy atom. The Labute approximate surface area is 151 Å². The van der Waals surface area contributed by atoms with Crippen molar-refractivity contribution in [1.29, 1.82) is 0 Å². The predicted molar refractivity (Wildman–Crippen MR) is 108 cm³/mol. The molecule has 0 heterocycles. The van der Waals surface area contributed by atoms with Gasteiger partial charge in [-0.15, -0.1) is 0 Å². The number of fused-ring (bicyclic) bond motifs is 5. The van der Waals surface area contributed by atoms with Crippen LogP contribution in [0.3, 0.4) is 0 Å². The highest BCUT2D eigenvalue weighted by Crippen LogP contribution is 2.45. The van der Waals surface area contributed by atoms with E-state index in [2.05, 4.69) is 64.1 Å². The molecule has 0 fully saturated rings. The van der Waals surface area contributed by atoms with Crippen molar-refractivity contribution in [1.82, 2.24) is 0 Å². The summed E-state index contributed by atoms with van der Waals surface area (Å²) < 4.78 is 0. The maximum Gasteiger partial charge on any atom is -0.00132 e. The lowest BCUT2D eigenvalue weighted by molar-refractivity contribution is 0.857. The van der Waals surface area contributed by atoms with Crippen molar-refractivity contribution in [2.45, 2.75) is 47.0 Å². The van der Waals surface area contributed by atoms with Crippen LogP contribution < -0.4 is 0 Å². The van der Waals surface area contributed by atoms with Crippen LogP contribution in [0, 0.1) is 11.8 Å². The molecule has 2 aromatic carbocycles. The average Bonchev–Trinajstić information content (AvgIpc) is 3.24. The van der Waals surface area contributed by atoms with Crippen molar-refractivity contribution in [3.05, 3.63) is 69.8 Å². The second-order valence-corrected chi connectivity index (χ2v) is 8.55. The van der Waals surface area contributed by atoms with E-state index in [0.29, 0.717) is 11.8 Å². The van der Waals surface area contributed by atoms with Gasteiger partial charge in [0.25, 0.3) is 0 Å². The number of rotatable bonds is 2. The highest BCUT2D eigenvalue weighted by Gasteiger charge is 2.27. The van der Waals surface area contributed by atoms with Crippen molar-refractivity contribution in [2.75, 3.05) is 0 Å². The van der Waals surface area contributed by atoms with Gasteiger partial charge in [-0.2, -0.15) is 0 Å². The smallest absolute Gasteiger partial charge is 0.00132 e. The summed E-state index contributed by atoms with van der Waals surface area (Å²) in [6.45, 7) is 9.26. The molecule has 0 spiro atoms.